The number of thiazole rings is 1. The molecule has 192 valence electrons. The first-order chi connectivity index (χ1) is 17.8. The van der Waals surface area contributed by atoms with Crippen LogP contribution in [0.4, 0.5) is 5.13 Å². The summed E-state index contributed by atoms with van der Waals surface area (Å²) in [6, 6.07) is 9.32. The van der Waals surface area contributed by atoms with Crippen LogP contribution in [0.2, 0.25) is 0 Å². The molecule has 4 rings (SSSR count). The number of ether oxygens (including phenoxy) is 1. The van der Waals surface area contributed by atoms with Gasteiger partial charge in [0, 0.05) is 24.9 Å². The molecule has 0 bridgehead atoms. The van der Waals surface area contributed by atoms with Gasteiger partial charge in [-0.1, -0.05) is 49.7 Å². The van der Waals surface area contributed by atoms with Crippen LogP contribution in [0.3, 0.4) is 0 Å². The van der Waals surface area contributed by atoms with Crippen LogP contribution in [0.1, 0.15) is 72.1 Å². The summed E-state index contributed by atoms with van der Waals surface area (Å²) in [5, 5.41) is 11.4. The van der Waals surface area contributed by atoms with E-state index in [4.69, 9.17) is 4.74 Å². The molecule has 1 aromatic carbocycles. The average molecular weight is 520 g/mol. The van der Waals surface area contributed by atoms with E-state index in [2.05, 4.69) is 16.9 Å². The molecule has 8 nitrogen and oxygen atoms in total. The van der Waals surface area contributed by atoms with Gasteiger partial charge in [0.1, 0.15) is 11.5 Å². The number of aliphatic hydroxyl groups excluding tert-OH is 1. The molecule has 0 spiro atoms. The third-order valence-corrected chi connectivity index (χ3v) is 7.43. The number of hydrogen-bond donors (Lipinski definition) is 1. The Balaban J connectivity index is 1.75. The fraction of sp³-hybridized carbons (Fsp3) is 0.321. The van der Waals surface area contributed by atoms with E-state index in [1.165, 1.54) is 30.6 Å². The molecule has 2 aromatic heterocycles. The summed E-state index contributed by atoms with van der Waals surface area (Å²) < 4.78 is 5.85. The lowest BCUT2D eigenvalue weighted by molar-refractivity contribution is -0.132. The molecule has 1 saturated heterocycles. The van der Waals surface area contributed by atoms with Gasteiger partial charge in [0.2, 0.25) is 0 Å². The van der Waals surface area contributed by atoms with Crippen LogP contribution < -0.4 is 9.64 Å². The van der Waals surface area contributed by atoms with E-state index in [1.54, 1.807) is 43.3 Å². The van der Waals surface area contributed by atoms with E-state index in [-0.39, 0.29) is 22.2 Å². The number of unbranched alkanes of at least 4 members (excludes halogenated alkanes) is 3. The number of amides is 1. The highest BCUT2D eigenvalue weighted by atomic mass is 32.1. The SMILES string of the molecule is CCCCCCOc1ccc(C2C(=C(O)c3ccncc3)C(=O)C(=O)N2c2nc(C)c(C(C)=O)s2)cc1. The Morgan fingerprint density at radius 2 is 1.78 bits per heavy atom. The van der Waals surface area contributed by atoms with Gasteiger partial charge < -0.3 is 9.84 Å². The number of hydrogen-bond acceptors (Lipinski definition) is 8. The molecule has 1 aliphatic heterocycles. The van der Waals surface area contributed by atoms with Crippen LogP contribution in [0.15, 0.2) is 54.4 Å². The summed E-state index contributed by atoms with van der Waals surface area (Å²) in [5.41, 5.74) is 1.39. The molecule has 0 aliphatic carbocycles. The second-order valence-corrected chi connectivity index (χ2v) is 9.83. The van der Waals surface area contributed by atoms with Crippen LogP contribution in [0.25, 0.3) is 5.76 Å². The minimum atomic E-state index is -0.933. The van der Waals surface area contributed by atoms with Crippen LogP contribution in [-0.4, -0.2) is 39.2 Å². The molecule has 1 unspecified atom stereocenters. The quantitative estimate of drug-likeness (QED) is 0.121. The molecule has 3 heterocycles. The van der Waals surface area contributed by atoms with Crippen molar-refractivity contribution in [3.63, 3.8) is 0 Å². The van der Waals surface area contributed by atoms with Gasteiger partial charge in [-0.25, -0.2) is 4.98 Å². The van der Waals surface area contributed by atoms with Gasteiger partial charge in [-0.15, -0.1) is 0 Å². The first-order valence-corrected chi connectivity index (χ1v) is 13.1. The van der Waals surface area contributed by atoms with E-state index >= 15 is 0 Å². The summed E-state index contributed by atoms with van der Waals surface area (Å²) in [4.78, 5) is 48.7. The minimum absolute atomic E-state index is 0.0540. The Bertz CT molecular complexity index is 1330. The predicted octanol–water partition coefficient (Wildman–Crippen LogP) is 5.63. The first kappa shape index (κ1) is 26.2. The van der Waals surface area contributed by atoms with E-state index in [1.807, 2.05) is 0 Å². The lowest BCUT2D eigenvalue weighted by Crippen LogP contribution is -2.29. The summed E-state index contributed by atoms with van der Waals surface area (Å²) >= 11 is 1.05. The van der Waals surface area contributed by atoms with Crippen molar-refractivity contribution in [3.05, 3.63) is 76.1 Å². The van der Waals surface area contributed by atoms with Crippen LogP contribution in [0, 0.1) is 6.92 Å². The number of rotatable bonds is 10. The number of pyridine rings is 1. The number of benzene rings is 1. The molecule has 0 saturated carbocycles. The van der Waals surface area contributed by atoms with Crippen LogP contribution in [-0.2, 0) is 9.59 Å². The normalized spacial score (nSPS) is 16.8. The molecule has 1 amide bonds. The van der Waals surface area contributed by atoms with Crippen molar-refractivity contribution in [1.82, 2.24) is 9.97 Å². The second-order valence-electron chi connectivity index (χ2n) is 8.85. The molecule has 1 N–H and O–H groups in total. The minimum Gasteiger partial charge on any atom is -0.507 e. The number of carbonyl (C=O) groups excluding carboxylic acids is 3. The maximum Gasteiger partial charge on any atom is 0.301 e. The maximum atomic E-state index is 13.3. The number of carbonyl (C=O) groups is 3. The highest BCUT2D eigenvalue weighted by molar-refractivity contribution is 7.18. The Labute approximate surface area is 219 Å². The number of ketones is 2. The van der Waals surface area contributed by atoms with Crippen molar-refractivity contribution < 1.29 is 24.2 Å². The molecule has 1 aliphatic rings. The lowest BCUT2D eigenvalue weighted by Gasteiger charge is -2.23. The lowest BCUT2D eigenvalue weighted by atomic mass is 9.95. The van der Waals surface area contributed by atoms with Gasteiger partial charge in [-0.2, -0.15) is 0 Å². The third-order valence-electron chi connectivity index (χ3n) is 6.17. The van der Waals surface area contributed by atoms with Crippen LogP contribution >= 0.6 is 11.3 Å². The first-order valence-electron chi connectivity index (χ1n) is 12.3. The second kappa shape index (κ2) is 11.5. The Hall–Kier alpha value is -3.85. The summed E-state index contributed by atoms with van der Waals surface area (Å²) in [5.74, 6) is -1.44. The topological polar surface area (TPSA) is 110 Å². The maximum absolute atomic E-state index is 13.3. The molecule has 9 heteroatoms. The summed E-state index contributed by atoms with van der Waals surface area (Å²) in [7, 11) is 0. The molecule has 3 aromatic rings. The van der Waals surface area contributed by atoms with Gasteiger partial charge in [0.05, 0.1) is 28.8 Å². The number of aliphatic hydroxyl groups is 1. The van der Waals surface area contributed by atoms with Gasteiger partial charge >= 0.3 is 5.91 Å². The highest BCUT2D eigenvalue weighted by Crippen LogP contribution is 2.44. The molecule has 1 fully saturated rings. The standard InChI is InChI=1S/C28H29N3O5S/c1-4-5-6-7-16-36-21-10-8-19(9-11-21)23-22(24(33)20-12-14-29-15-13-20)25(34)27(35)31(23)28-30-17(2)26(37-28)18(3)32/h8-15,23,33H,4-7,16H2,1-3H3. The largest absolute Gasteiger partial charge is 0.507 e. The van der Waals surface area contributed by atoms with E-state index in [0.29, 0.717) is 34.1 Å². The molecular weight excluding hydrogens is 490 g/mol. The Morgan fingerprint density at radius 1 is 1.08 bits per heavy atom. The van der Waals surface area contributed by atoms with Gasteiger partial charge in [0.25, 0.3) is 5.78 Å². The molecule has 37 heavy (non-hydrogen) atoms. The third kappa shape index (κ3) is 5.46. The van der Waals surface area contributed by atoms with Crippen molar-refractivity contribution in [1.29, 1.82) is 0 Å². The van der Waals surface area contributed by atoms with Crippen molar-refractivity contribution in [3.8, 4) is 5.75 Å². The van der Waals surface area contributed by atoms with E-state index in [9.17, 15) is 19.5 Å². The summed E-state index contributed by atoms with van der Waals surface area (Å²) in [6.45, 7) is 5.88. The fourth-order valence-electron chi connectivity index (χ4n) is 4.29. The monoisotopic (exact) mass is 519 g/mol. The van der Waals surface area contributed by atoms with Gasteiger partial charge in [-0.05, 0) is 43.2 Å². The number of aryl methyl sites for hydroxylation is 1. The number of Topliss-reactive ketones (excluding diaryl/α,β-unsaturated/α-hetero) is 2. The van der Waals surface area contributed by atoms with Crippen molar-refractivity contribution >= 4 is 39.7 Å². The zero-order valence-corrected chi connectivity index (χ0v) is 21.9. The zero-order valence-electron chi connectivity index (χ0n) is 21.1. The number of aromatic nitrogens is 2. The Kier molecular flexibility index (Phi) is 8.13. The average Bonchev–Trinajstić information content (AvgIpc) is 3.41. The fourth-order valence-corrected chi connectivity index (χ4v) is 5.28. The molecular formula is C28H29N3O5S. The van der Waals surface area contributed by atoms with Crippen molar-refractivity contribution in [2.75, 3.05) is 11.5 Å². The van der Waals surface area contributed by atoms with Gasteiger partial charge in [0.15, 0.2) is 10.9 Å². The number of anilines is 1. The van der Waals surface area contributed by atoms with Crippen molar-refractivity contribution in [2.24, 2.45) is 0 Å². The molecule has 1 atom stereocenters. The smallest absolute Gasteiger partial charge is 0.301 e. The Morgan fingerprint density at radius 3 is 2.41 bits per heavy atom. The zero-order chi connectivity index (χ0) is 26.5. The number of nitrogens with zero attached hydrogens (tertiary/aromatic N) is 3. The molecule has 0 radical (unpaired) electrons. The van der Waals surface area contributed by atoms with Crippen LogP contribution in [0.5, 0.6) is 5.75 Å². The van der Waals surface area contributed by atoms with E-state index in [0.717, 1.165) is 30.6 Å². The van der Waals surface area contributed by atoms with Gasteiger partial charge in [-0.3, -0.25) is 24.3 Å². The van der Waals surface area contributed by atoms with Crippen molar-refractivity contribution in [2.45, 2.75) is 52.5 Å². The predicted molar refractivity (Wildman–Crippen MR) is 142 cm³/mol. The summed E-state index contributed by atoms with van der Waals surface area (Å²) in [6.07, 6.45) is 7.38. The highest BCUT2D eigenvalue weighted by Gasteiger charge is 2.48. The van der Waals surface area contributed by atoms with E-state index < -0.39 is 17.7 Å².